The summed E-state index contributed by atoms with van der Waals surface area (Å²) in [6, 6.07) is 5.21. The minimum absolute atomic E-state index is 0.151. The number of benzene rings is 1. The average Bonchev–Trinajstić information content (AvgIpc) is 2.31. The highest BCUT2D eigenvalue weighted by atomic mass is 19.1. The van der Waals surface area contributed by atoms with E-state index in [1.54, 1.807) is 6.92 Å². The predicted octanol–water partition coefficient (Wildman–Crippen LogP) is 3.02. The molecule has 2 nitrogen and oxygen atoms in total. The van der Waals surface area contributed by atoms with Gasteiger partial charge in [0.15, 0.2) is 0 Å². The van der Waals surface area contributed by atoms with E-state index in [4.69, 9.17) is 5.11 Å². The van der Waals surface area contributed by atoms with Gasteiger partial charge in [-0.15, -0.1) is 0 Å². The maximum atomic E-state index is 13.1. The molecule has 18 heavy (non-hydrogen) atoms. The largest absolute Gasteiger partial charge is 0.396 e. The third-order valence-corrected chi connectivity index (χ3v) is 3.17. The van der Waals surface area contributed by atoms with E-state index in [1.165, 1.54) is 6.07 Å². The second-order valence-corrected chi connectivity index (χ2v) is 5.68. The second kappa shape index (κ2) is 6.86. The number of nitrogens with one attached hydrogen (secondary N) is 1. The van der Waals surface area contributed by atoms with Crippen LogP contribution in [-0.2, 0) is 6.54 Å². The van der Waals surface area contributed by atoms with Gasteiger partial charge < -0.3 is 10.4 Å². The smallest absolute Gasteiger partial charge is 0.126 e. The van der Waals surface area contributed by atoms with Crippen LogP contribution in [0.4, 0.5) is 4.39 Å². The van der Waals surface area contributed by atoms with E-state index in [9.17, 15) is 4.39 Å². The Balaban J connectivity index is 2.39. The molecule has 0 amide bonds. The number of aliphatic hydroxyl groups excluding tert-OH is 1. The van der Waals surface area contributed by atoms with Gasteiger partial charge in [0, 0.05) is 19.7 Å². The van der Waals surface area contributed by atoms with E-state index in [0.717, 1.165) is 31.5 Å². The lowest BCUT2D eigenvalue weighted by molar-refractivity contribution is 0.236. The van der Waals surface area contributed by atoms with Crippen molar-refractivity contribution in [3.63, 3.8) is 0 Å². The van der Waals surface area contributed by atoms with Gasteiger partial charge in [0.05, 0.1) is 0 Å². The van der Waals surface area contributed by atoms with E-state index in [-0.39, 0.29) is 17.8 Å². The molecule has 0 saturated heterocycles. The molecule has 1 aromatic rings. The number of aliphatic hydroxyl groups is 1. The van der Waals surface area contributed by atoms with E-state index in [1.807, 2.05) is 12.1 Å². The Kier molecular flexibility index (Phi) is 5.76. The zero-order chi connectivity index (χ0) is 13.6. The Bertz CT molecular complexity index is 377. The highest BCUT2D eigenvalue weighted by Gasteiger charge is 2.16. The van der Waals surface area contributed by atoms with Crippen molar-refractivity contribution in [1.82, 2.24) is 5.32 Å². The fraction of sp³-hybridized carbons (Fsp3) is 0.600. The van der Waals surface area contributed by atoms with E-state index >= 15 is 0 Å². The summed E-state index contributed by atoms with van der Waals surface area (Å²) in [4.78, 5) is 0. The SMILES string of the molecule is Cc1cc(CNCC(C)(C)CCCO)ccc1F. The molecule has 0 fully saturated rings. The zero-order valence-corrected chi connectivity index (χ0v) is 11.6. The van der Waals surface area contributed by atoms with Crippen molar-refractivity contribution in [1.29, 1.82) is 0 Å². The van der Waals surface area contributed by atoms with Crippen molar-refractivity contribution in [2.45, 2.75) is 40.2 Å². The first-order valence-electron chi connectivity index (χ1n) is 6.51. The molecule has 0 unspecified atom stereocenters. The summed E-state index contributed by atoms with van der Waals surface area (Å²) in [5.74, 6) is -0.151. The summed E-state index contributed by atoms with van der Waals surface area (Å²) < 4.78 is 13.1. The minimum atomic E-state index is -0.151. The van der Waals surface area contributed by atoms with Crippen LogP contribution < -0.4 is 5.32 Å². The normalized spacial score (nSPS) is 11.8. The molecular formula is C15H24FNO. The Hall–Kier alpha value is -0.930. The molecule has 0 aliphatic rings. The van der Waals surface area contributed by atoms with Crippen molar-refractivity contribution in [2.75, 3.05) is 13.2 Å². The molecule has 3 heteroatoms. The molecule has 0 radical (unpaired) electrons. The van der Waals surface area contributed by atoms with Gasteiger partial charge in [0.1, 0.15) is 5.82 Å². The zero-order valence-electron chi connectivity index (χ0n) is 11.6. The van der Waals surface area contributed by atoms with Crippen molar-refractivity contribution in [3.8, 4) is 0 Å². The maximum absolute atomic E-state index is 13.1. The van der Waals surface area contributed by atoms with Crippen LogP contribution >= 0.6 is 0 Å². The lowest BCUT2D eigenvalue weighted by Crippen LogP contribution is -2.29. The van der Waals surface area contributed by atoms with Crippen molar-refractivity contribution >= 4 is 0 Å². The molecule has 0 aromatic heterocycles. The first-order valence-corrected chi connectivity index (χ1v) is 6.51. The van der Waals surface area contributed by atoms with Crippen LogP contribution in [0.2, 0.25) is 0 Å². The molecule has 0 spiro atoms. The predicted molar refractivity (Wildman–Crippen MR) is 72.9 cm³/mol. The first-order chi connectivity index (χ1) is 8.44. The maximum Gasteiger partial charge on any atom is 0.126 e. The van der Waals surface area contributed by atoms with Gasteiger partial charge in [0.25, 0.3) is 0 Å². The van der Waals surface area contributed by atoms with Gasteiger partial charge in [-0.2, -0.15) is 0 Å². The van der Waals surface area contributed by atoms with Crippen molar-refractivity contribution < 1.29 is 9.50 Å². The number of hydrogen-bond donors (Lipinski definition) is 2. The molecule has 0 aliphatic heterocycles. The Labute approximate surface area is 109 Å². The van der Waals surface area contributed by atoms with Crippen LogP contribution in [0, 0.1) is 18.2 Å². The van der Waals surface area contributed by atoms with Crippen LogP contribution in [0.5, 0.6) is 0 Å². The van der Waals surface area contributed by atoms with Crippen LogP contribution in [0.15, 0.2) is 18.2 Å². The van der Waals surface area contributed by atoms with Gasteiger partial charge in [0.2, 0.25) is 0 Å². The molecule has 0 bridgehead atoms. The Morgan fingerprint density at radius 3 is 2.67 bits per heavy atom. The standard InChI is InChI=1S/C15H24FNO/c1-12-9-13(5-6-14(12)16)10-17-11-15(2,3)7-4-8-18/h5-6,9,17-18H,4,7-8,10-11H2,1-3H3. The minimum Gasteiger partial charge on any atom is -0.396 e. The molecule has 1 rings (SSSR count). The van der Waals surface area contributed by atoms with Gasteiger partial charge in [-0.1, -0.05) is 26.0 Å². The number of rotatable bonds is 7. The number of aryl methyl sites for hydroxylation is 1. The topological polar surface area (TPSA) is 32.3 Å². The van der Waals surface area contributed by atoms with Gasteiger partial charge >= 0.3 is 0 Å². The first kappa shape index (κ1) is 15.1. The van der Waals surface area contributed by atoms with E-state index < -0.39 is 0 Å². The summed E-state index contributed by atoms with van der Waals surface area (Å²) in [5.41, 5.74) is 1.97. The highest BCUT2D eigenvalue weighted by molar-refractivity contribution is 5.23. The Morgan fingerprint density at radius 1 is 1.33 bits per heavy atom. The lowest BCUT2D eigenvalue weighted by atomic mass is 9.88. The number of hydrogen-bond acceptors (Lipinski definition) is 2. The van der Waals surface area contributed by atoms with Crippen LogP contribution in [0.1, 0.15) is 37.8 Å². The van der Waals surface area contributed by atoms with E-state index in [0.29, 0.717) is 5.56 Å². The monoisotopic (exact) mass is 253 g/mol. The van der Waals surface area contributed by atoms with Crippen LogP contribution in [0.3, 0.4) is 0 Å². The van der Waals surface area contributed by atoms with Gasteiger partial charge in [-0.05, 0) is 42.4 Å². The molecule has 1 aromatic carbocycles. The fourth-order valence-electron chi connectivity index (χ4n) is 2.01. The van der Waals surface area contributed by atoms with Crippen LogP contribution in [0.25, 0.3) is 0 Å². The molecule has 102 valence electrons. The molecule has 0 atom stereocenters. The molecular weight excluding hydrogens is 229 g/mol. The summed E-state index contributed by atoms with van der Waals surface area (Å²) in [7, 11) is 0. The highest BCUT2D eigenvalue weighted by Crippen LogP contribution is 2.21. The molecule has 2 N–H and O–H groups in total. The van der Waals surface area contributed by atoms with E-state index in [2.05, 4.69) is 19.2 Å². The fourth-order valence-corrected chi connectivity index (χ4v) is 2.01. The van der Waals surface area contributed by atoms with Crippen LogP contribution in [-0.4, -0.2) is 18.3 Å². The average molecular weight is 253 g/mol. The lowest BCUT2D eigenvalue weighted by Gasteiger charge is -2.24. The molecule has 0 aliphatic carbocycles. The van der Waals surface area contributed by atoms with Gasteiger partial charge in [-0.3, -0.25) is 0 Å². The Morgan fingerprint density at radius 2 is 2.06 bits per heavy atom. The summed E-state index contributed by atoms with van der Waals surface area (Å²) in [6.07, 6.45) is 1.84. The summed E-state index contributed by atoms with van der Waals surface area (Å²) in [5, 5.41) is 12.2. The molecule has 0 heterocycles. The van der Waals surface area contributed by atoms with Crippen molar-refractivity contribution in [3.05, 3.63) is 35.1 Å². The quantitative estimate of drug-likeness (QED) is 0.783. The molecule has 0 saturated carbocycles. The number of halogens is 1. The third-order valence-electron chi connectivity index (χ3n) is 3.17. The van der Waals surface area contributed by atoms with Gasteiger partial charge in [-0.25, -0.2) is 4.39 Å². The second-order valence-electron chi connectivity index (χ2n) is 5.68. The van der Waals surface area contributed by atoms with Crippen molar-refractivity contribution in [2.24, 2.45) is 5.41 Å². The summed E-state index contributed by atoms with van der Waals surface area (Å²) in [6.45, 7) is 8.05. The third kappa shape index (κ3) is 5.15. The summed E-state index contributed by atoms with van der Waals surface area (Å²) >= 11 is 0.